The Labute approximate surface area is 112 Å². The van der Waals surface area contributed by atoms with Crippen molar-refractivity contribution >= 4 is 10.0 Å². The summed E-state index contributed by atoms with van der Waals surface area (Å²) < 4.78 is 27.3. The van der Waals surface area contributed by atoms with Crippen LogP contribution in [0, 0.1) is 0 Å². The fraction of sp³-hybridized carbons (Fsp3) is 0.231. The monoisotopic (exact) mass is 280 g/mol. The van der Waals surface area contributed by atoms with Crippen molar-refractivity contribution in [2.75, 3.05) is 0 Å². The van der Waals surface area contributed by atoms with Crippen molar-refractivity contribution in [3.63, 3.8) is 0 Å². The third-order valence-corrected chi connectivity index (χ3v) is 3.84. The molecule has 102 valence electrons. The van der Waals surface area contributed by atoms with Crippen LogP contribution in [-0.2, 0) is 16.6 Å². The van der Waals surface area contributed by atoms with Crippen molar-refractivity contribution in [2.24, 2.45) is 5.14 Å². The van der Waals surface area contributed by atoms with E-state index in [0.29, 0.717) is 6.54 Å². The van der Waals surface area contributed by atoms with E-state index in [1.54, 1.807) is 24.7 Å². The van der Waals surface area contributed by atoms with E-state index in [-0.39, 0.29) is 10.9 Å². The van der Waals surface area contributed by atoms with E-state index in [4.69, 9.17) is 9.56 Å². The Balaban J connectivity index is 1.97. The van der Waals surface area contributed by atoms with E-state index in [1.165, 1.54) is 12.1 Å². The van der Waals surface area contributed by atoms with Crippen LogP contribution in [0.25, 0.3) is 0 Å². The predicted octanol–water partition coefficient (Wildman–Crippen LogP) is 1.78. The minimum absolute atomic E-state index is 0.124. The number of sulfonamides is 1. The van der Waals surface area contributed by atoms with Crippen molar-refractivity contribution in [3.8, 4) is 0 Å². The van der Waals surface area contributed by atoms with Crippen LogP contribution in [0.5, 0.6) is 0 Å². The Kier molecular flexibility index (Phi) is 4.04. The Bertz CT molecular complexity index is 618. The molecule has 0 amide bonds. The quantitative estimate of drug-likeness (QED) is 0.874. The second kappa shape index (κ2) is 5.56. The Morgan fingerprint density at radius 1 is 1.26 bits per heavy atom. The number of nitrogens with one attached hydrogen (secondary N) is 1. The van der Waals surface area contributed by atoms with Gasteiger partial charge in [0.2, 0.25) is 10.0 Å². The Morgan fingerprint density at radius 3 is 2.47 bits per heavy atom. The van der Waals surface area contributed by atoms with Gasteiger partial charge in [-0.1, -0.05) is 12.1 Å². The predicted molar refractivity (Wildman–Crippen MR) is 71.8 cm³/mol. The number of benzene rings is 1. The maximum absolute atomic E-state index is 11.1. The van der Waals surface area contributed by atoms with Gasteiger partial charge in [-0.25, -0.2) is 13.6 Å². The van der Waals surface area contributed by atoms with Gasteiger partial charge in [-0.15, -0.1) is 0 Å². The molecule has 0 fully saturated rings. The molecule has 1 aromatic heterocycles. The lowest BCUT2D eigenvalue weighted by Gasteiger charge is -2.12. The average molecular weight is 280 g/mol. The maximum Gasteiger partial charge on any atom is 0.238 e. The van der Waals surface area contributed by atoms with Crippen LogP contribution in [0.3, 0.4) is 0 Å². The number of hydrogen-bond donors (Lipinski definition) is 2. The summed E-state index contributed by atoms with van der Waals surface area (Å²) >= 11 is 0. The summed E-state index contributed by atoms with van der Waals surface area (Å²) in [7, 11) is -3.62. The highest BCUT2D eigenvalue weighted by atomic mass is 32.2. The topological polar surface area (TPSA) is 85.3 Å². The molecule has 0 spiro atoms. The molecule has 0 aliphatic carbocycles. The SMILES string of the molecule is CC(NCc1ccc(S(N)(=O)=O)cc1)c1ccoc1. The molecule has 0 radical (unpaired) electrons. The van der Waals surface area contributed by atoms with E-state index < -0.39 is 10.0 Å². The van der Waals surface area contributed by atoms with Gasteiger partial charge in [0.05, 0.1) is 17.4 Å². The van der Waals surface area contributed by atoms with Crippen molar-refractivity contribution in [2.45, 2.75) is 24.4 Å². The van der Waals surface area contributed by atoms with Gasteiger partial charge in [0.15, 0.2) is 0 Å². The maximum atomic E-state index is 11.1. The Morgan fingerprint density at radius 2 is 1.95 bits per heavy atom. The summed E-state index contributed by atoms with van der Waals surface area (Å²) in [6.07, 6.45) is 3.33. The molecule has 3 N–H and O–H groups in total. The zero-order valence-corrected chi connectivity index (χ0v) is 11.4. The smallest absolute Gasteiger partial charge is 0.238 e. The van der Waals surface area contributed by atoms with Crippen molar-refractivity contribution < 1.29 is 12.8 Å². The lowest BCUT2D eigenvalue weighted by Crippen LogP contribution is -2.17. The molecule has 1 heterocycles. The summed E-state index contributed by atoms with van der Waals surface area (Å²) in [5.74, 6) is 0. The summed E-state index contributed by atoms with van der Waals surface area (Å²) in [6, 6.07) is 8.58. The van der Waals surface area contributed by atoms with Crippen LogP contribution in [0.15, 0.2) is 52.2 Å². The zero-order valence-electron chi connectivity index (χ0n) is 10.5. The molecule has 2 rings (SSSR count). The van der Waals surface area contributed by atoms with E-state index >= 15 is 0 Å². The van der Waals surface area contributed by atoms with Crippen LogP contribution < -0.4 is 10.5 Å². The molecule has 2 aromatic rings. The van der Waals surface area contributed by atoms with E-state index in [0.717, 1.165) is 11.1 Å². The minimum atomic E-state index is -3.62. The molecule has 19 heavy (non-hydrogen) atoms. The molecule has 1 aromatic carbocycles. The summed E-state index contributed by atoms with van der Waals surface area (Å²) in [5, 5.41) is 8.36. The third-order valence-electron chi connectivity index (χ3n) is 2.91. The molecule has 1 unspecified atom stereocenters. The highest BCUT2D eigenvalue weighted by Crippen LogP contribution is 2.14. The molecule has 0 aliphatic rings. The Hall–Kier alpha value is -1.63. The molecule has 0 bridgehead atoms. The molecule has 6 heteroatoms. The molecule has 5 nitrogen and oxygen atoms in total. The van der Waals surface area contributed by atoms with Gasteiger partial charge in [-0.2, -0.15) is 0 Å². The second-order valence-corrected chi connectivity index (χ2v) is 5.91. The van der Waals surface area contributed by atoms with Gasteiger partial charge in [0.25, 0.3) is 0 Å². The van der Waals surface area contributed by atoms with Gasteiger partial charge in [-0.05, 0) is 30.7 Å². The van der Waals surface area contributed by atoms with E-state index in [2.05, 4.69) is 5.32 Å². The first-order chi connectivity index (χ1) is 8.97. The highest BCUT2D eigenvalue weighted by Gasteiger charge is 2.08. The first-order valence-electron chi connectivity index (χ1n) is 5.84. The zero-order chi connectivity index (χ0) is 13.9. The van der Waals surface area contributed by atoms with Crippen LogP contribution in [0.4, 0.5) is 0 Å². The number of primary sulfonamides is 1. The average Bonchev–Trinajstić information content (AvgIpc) is 2.89. The largest absolute Gasteiger partial charge is 0.472 e. The number of furan rings is 1. The first kappa shape index (κ1) is 13.8. The van der Waals surface area contributed by atoms with Gasteiger partial charge < -0.3 is 9.73 Å². The van der Waals surface area contributed by atoms with Crippen LogP contribution in [0.1, 0.15) is 24.1 Å². The second-order valence-electron chi connectivity index (χ2n) is 4.35. The van der Waals surface area contributed by atoms with Crippen molar-refractivity contribution in [1.29, 1.82) is 0 Å². The van der Waals surface area contributed by atoms with Crippen LogP contribution >= 0.6 is 0 Å². The molecule has 1 atom stereocenters. The molecular weight excluding hydrogens is 264 g/mol. The molecule has 0 saturated carbocycles. The standard InChI is InChI=1S/C13H16N2O3S/c1-10(12-6-7-18-9-12)15-8-11-2-4-13(5-3-11)19(14,16)17/h2-7,9-10,15H,8H2,1H3,(H2,14,16,17). The van der Waals surface area contributed by atoms with Crippen molar-refractivity contribution in [1.82, 2.24) is 5.32 Å². The lowest BCUT2D eigenvalue weighted by atomic mass is 10.1. The van der Waals surface area contributed by atoms with E-state index in [1.807, 2.05) is 13.0 Å². The van der Waals surface area contributed by atoms with Crippen LogP contribution in [0.2, 0.25) is 0 Å². The third kappa shape index (κ3) is 3.66. The number of hydrogen-bond acceptors (Lipinski definition) is 4. The van der Waals surface area contributed by atoms with Gasteiger partial charge in [-0.3, -0.25) is 0 Å². The fourth-order valence-corrected chi connectivity index (χ4v) is 2.22. The summed E-state index contributed by atoms with van der Waals surface area (Å²) in [5.41, 5.74) is 2.06. The summed E-state index contributed by atoms with van der Waals surface area (Å²) in [4.78, 5) is 0.124. The normalized spacial score (nSPS) is 13.4. The van der Waals surface area contributed by atoms with Gasteiger partial charge >= 0.3 is 0 Å². The first-order valence-corrected chi connectivity index (χ1v) is 7.38. The number of nitrogens with two attached hydrogens (primary N) is 1. The summed E-state index contributed by atoms with van der Waals surface area (Å²) in [6.45, 7) is 2.67. The van der Waals surface area contributed by atoms with Crippen LogP contribution in [-0.4, -0.2) is 8.42 Å². The minimum Gasteiger partial charge on any atom is -0.472 e. The molecular formula is C13H16N2O3S. The molecule has 0 saturated heterocycles. The fourth-order valence-electron chi connectivity index (χ4n) is 1.71. The van der Waals surface area contributed by atoms with Gasteiger partial charge in [0, 0.05) is 18.2 Å². The number of rotatable bonds is 5. The van der Waals surface area contributed by atoms with Crippen molar-refractivity contribution in [3.05, 3.63) is 54.0 Å². The van der Waals surface area contributed by atoms with Gasteiger partial charge in [0.1, 0.15) is 0 Å². The van der Waals surface area contributed by atoms with E-state index in [9.17, 15) is 8.42 Å². The molecule has 0 aliphatic heterocycles. The highest BCUT2D eigenvalue weighted by molar-refractivity contribution is 7.89. The lowest BCUT2D eigenvalue weighted by molar-refractivity contribution is 0.538.